The predicted octanol–water partition coefficient (Wildman–Crippen LogP) is 3.38. The maximum atomic E-state index is 5.60. The van der Waals surface area contributed by atoms with E-state index in [1.807, 2.05) is 11.8 Å². The Morgan fingerprint density at radius 2 is 2.32 bits per heavy atom. The Labute approximate surface area is 125 Å². The summed E-state index contributed by atoms with van der Waals surface area (Å²) in [4.78, 5) is 1.42. The molecular weight excluding hydrogens is 322 g/mol. The van der Waals surface area contributed by atoms with E-state index < -0.39 is 0 Å². The van der Waals surface area contributed by atoms with Crippen LogP contribution in [-0.2, 0) is 12.8 Å². The highest BCUT2D eigenvalue weighted by molar-refractivity contribution is 9.10. The molecule has 5 heteroatoms. The van der Waals surface area contributed by atoms with E-state index in [0.29, 0.717) is 6.54 Å². The van der Waals surface area contributed by atoms with E-state index in [1.54, 1.807) is 0 Å². The van der Waals surface area contributed by atoms with E-state index in [-0.39, 0.29) is 0 Å². The van der Waals surface area contributed by atoms with E-state index in [4.69, 9.17) is 5.73 Å². The van der Waals surface area contributed by atoms with Gasteiger partial charge in [-0.05, 0) is 58.8 Å². The van der Waals surface area contributed by atoms with Crippen LogP contribution in [0.2, 0.25) is 0 Å². The molecule has 1 aliphatic heterocycles. The summed E-state index contributed by atoms with van der Waals surface area (Å²) in [6.07, 6.45) is 3.25. The first-order chi connectivity index (χ1) is 9.29. The van der Waals surface area contributed by atoms with Crippen LogP contribution in [0.4, 0.5) is 0 Å². The van der Waals surface area contributed by atoms with Gasteiger partial charge in [-0.15, -0.1) is 11.8 Å². The minimum absolute atomic E-state index is 0.626. The van der Waals surface area contributed by atoms with Crippen molar-refractivity contribution in [2.24, 2.45) is 5.73 Å². The summed E-state index contributed by atoms with van der Waals surface area (Å²) in [5.41, 5.74) is 10.3. The lowest BCUT2D eigenvalue weighted by molar-refractivity contribution is 0.889. The van der Waals surface area contributed by atoms with Gasteiger partial charge in [-0.25, -0.2) is 0 Å². The van der Waals surface area contributed by atoms with Crippen molar-refractivity contribution in [1.82, 2.24) is 10.2 Å². The fourth-order valence-electron chi connectivity index (χ4n) is 2.37. The Hall–Kier alpha value is -0.780. The average Bonchev–Trinajstić information content (AvgIpc) is 2.80. The molecule has 0 atom stereocenters. The van der Waals surface area contributed by atoms with Crippen molar-refractivity contribution in [1.29, 1.82) is 0 Å². The second kappa shape index (κ2) is 5.69. The van der Waals surface area contributed by atoms with Crippen LogP contribution in [0.3, 0.4) is 0 Å². The van der Waals surface area contributed by atoms with Gasteiger partial charge in [-0.2, -0.15) is 5.10 Å². The van der Waals surface area contributed by atoms with Gasteiger partial charge in [0.2, 0.25) is 0 Å². The number of hydrogen-bond donors (Lipinski definition) is 2. The number of fused-ring (bicyclic) bond motifs is 1. The number of benzene rings is 1. The predicted molar refractivity (Wildman–Crippen MR) is 83.5 cm³/mol. The zero-order valence-corrected chi connectivity index (χ0v) is 13.0. The third kappa shape index (κ3) is 2.59. The lowest BCUT2D eigenvalue weighted by Gasteiger charge is -2.15. The molecule has 0 saturated heterocycles. The Bertz CT molecular complexity index is 594. The first-order valence-corrected chi connectivity index (χ1v) is 8.26. The molecule has 19 heavy (non-hydrogen) atoms. The molecule has 3 rings (SSSR count). The van der Waals surface area contributed by atoms with Crippen LogP contribution < -0.4 is 5.73 Å². The van der Waals surface area contributed by atoms with Gasteiger partial charge >= 0.3 is 0 Å². The number of hydrogen-bond acceptors (Lipinski definition) is 3. The Morgan fingerprint density at radius 3 is 3.16 bits per heavy atom. The zero-order chi connectivity index (χ0) is 13.2. The molecule has 0 radical (unpaired) electrons. The molecule has 1 aromatic carbocycles. The number of aromatic amines is 1. The van der Waals surface area contributed by atoms with E-state index >= 15 is 0 Å². The molecule has 0 aliphatic carbocycles. The molecule has 3 nitrogen and oxygen atoms in total. The second-order valence-electron chi connectivity index (χ2n) is 4.68. The highest BCUT2D eigenvalue weighted by Gasteiger charge is 2.15. The summed E-state index contributed by atoms with van der Waals surface area (Å²) in [5.74, 6) is 1.24. The lowest BCUT2D eigenvalue weighted by Crippen LogP contribution is -2.03. The fraction of sp³-hybridized carbons (Fsp3) is 0.357. The Balaban J connectivity index is 1.98. The standard InChI is InChI=1S/C14H16BrN3S/c15-13-11(5-6-16)17-18-14(13)10-3-4-12-9(8-10)2-1-7-19-12/h3-4,8H,1-2,5-7,16H2,(H,17,18). The maximum Gasteiger partial charge on any atom is 0.107 e. The Morgan fingerprint density at radius 1 is 1.42 bits per heavy atom. The highest BCUT2D eigenvalue weighted by atomic mass is 79.9. The van der Waals surface area contributed by atoms with Crippen LogP contribution in [0, 0.1) is 0 Å². The molecule has 1 aromatic heterocycles. The lowest BCUT2D eigenvalue weighted by atomic mass is 10.0. The van der Waals surface area contributed by atoms with Crippen LogP contribution in [0.25, 0.3) is 11.3 Å². The normalized spacial score (nSPS) is 14.4. The molecule has 0 bridgehead atoms. The SMILES string of the molecule is NCCc1[nH]nc(-c2ccc3c(c2)CCCS3)c1Br. The summed E-state index contributed by atoms with van der Waals surface area (Å²) in [6.45, 7) is 0.626. The van der Waals surface area contributed by atoms with Gasteiger partial charge < -0.3 is 5.73 Å². The number of thioether (sulfide) groups is 1. The minimum atomic E-state index is 0.626. The molecule has 2 heterocycles. The van der Waals surface area contributed by atoms with Gasteiger partial charge in [-0.3, -0.25) is 5.10 Å². The molecule has 3 N–H and O–H groups in total. The Kier molecular flexibility index (Phi) is 3.96. The number of H-pyrrole nitrogens is 1. The fourth-order valence-corrected chi connectivity index (χ4v) is 4.00. The van der Waals surface area contributed by atoms with Gasteiger partial charge in [0.05, 0.1) is 10.2 Å². The number of nitrogens with zero attached hydrogens (tertiary/aromatic N) is 1. The van der Waals surface area contributed by atoms with Gasteiger partial charge in [0, 0.05) is 16.9 Å². The molecule has 0 amide bonds. The molecule has 100 valence electrons. The number of aryl methyl sites for hydroxylation is 1. The quantitative estimate of drug-likeness (QED) is 0.902. The number of halogens is 1. The van der Waals surface area contributed by atoms with Gasteiger partial charge in [0.15, 0.2) is 0 Å². The van der Waals surface area contributed by atoms with E-state index in [1.165, 1.54) is 34.6 Å². The van der Waals surface area contributed by atoms with Crippen molar-refractivity contribution in [2.45, 2.75) is 24.2 Å². The van der Waals surface area contributed by atoms with Crippen LogP contribution >= 0.6 is 27.7 Å². The number of nitrogens with one attached hydrogen (secondary N) is 1. The minimum Gasteiger partial charge on any atom is -0.330 e. The number of rotatable bonds is 3. The molecular formula is C14H16BrN3S. The van der Waals surface area contributed by atoms with Crippen LogP contribution in [-0.4, -0.2) is 22.5 Å². The zero-order valence-electron chi connectivity index (χ0n) is 10.6. The van der Waals surface area contributed by atoms with Crippen molar-refractivity contribution in [2.75, 3.05) is 12.3 Å². The molecule has 1 aliphatic rings. The second-order valence-corrected chi connectivity index (χ2v) is 6.61. The first-order valence-electron chi connectivity index (χ1n) is 6.48. The monoisotopic (exact) mass is 337 g/mol. The van der Waals surface area contributed by atoms with Crippen LogP contribution in [0.1, 0.15) is 17.7 Å². The van der Waals surface area contributed by atoms with Crippen molar-refractivity contribution < 1.29 is 0 Å². The van der Waals surface area contributed by atoms with Gasteiger partial charge in [0.25, 0.3) is 0 Å². The van der Waals surface area contributed by atoms with Crippen molar-refractivity contribution in [3.8, 4) is 11.3 Å². The van der Waals surface area contributed by atoms with Crippen molar-refractivity contribution in [3.63, 3.8) is 0 Å². The molecule has 0 spiro atoms. The van der Waals surface area contributed by atoms with Gasteiger partial charge in [0.1, 0.15) is 5.69 Å². The van der Waals surface area contributed by atoms with Crippen LogP contribution in [0.5, 0.6) is 0 Å². The smallest absolute Gasteiger partial charge is 0.107 e. The van der Waals surface area contributed by atoms with E-state index in [0.717, 1.165) is 22.3 Å². The largest absolute Gasteiger partial charge is 0.330 e. The van der Waals surface area contributed by atoms with Crippen molar-refractivity contribution >= 4 is 27.7 Å². The third-order valence-corrected chi connectivity index (χ3v) is 5.41. The highest BCUT2D eigenvalue weighted by Crippen LogP contribution is 2.35. The maximum absolute atomic E-state index is 5.60. The number of nitrogens with two attached hydrogens (primary N) is 1. The van der Waals surface area contributed by atoms with E-state index in [9.17, 15) is 0 Å². The molecule has 0 unspecified atom stereocenters. The summed E-state index contributed by atoms with van der Waals surface area (Å²) in [5, 5.41) is 7.49. The summed E-state index contributed by atoms with van der Waals surface area (Å²) >= 11 is 5.58. The van der Waals surface area contributed by atoms with E-state index in [2.05, 4.69) is 44.3 Å². The first kappa shape index (κ1) is 13.2. The topological polar surface area (TPSA) is 54.7 Å². The molecule has 2 aromatic rings. The third-order valence-electron chi connectivity index (χ3n) is 3.35. The summed E-state index contributed by atoms with van der Waals surface area (Å²) in [6, 6.07) is 6.65. The van der Waals surface area contributed by atoms with Crippen molar-refractivity contribution in [3.05, 3.63) is 33.9 Å². The summed E-state index contributed by atoms with van der Waals surface area (Å²) in [7, 11) is 0. The average molecular weight is 338 g/mol. The van der Waals surface area contributed by atoms with Gasteiger partial charge in [-0.1, -0.05) is 6.07 Å². The summed E-state index contributed by atoms with van der Waals surface area (Å²) < 4.78 is 1.04. The molecule has 0 saturated carbocycles. The molecule has 0 fully saturated rings. The van der Waals surface area contributed by atoms with Crippen LogP contribution in [0.15, 0.2) is 27.6 Å². The number of aromatic nitrogens is 2.